The molecule has 0 radical (unpaired) electrons. The smallest absolute Gasteiger partial charge is 0.246 e. The highest BCUT2D eigenvalue weighted by Crippen LogP contribution is 2.29. The Morgan fingerprint density at radius 1 is 1.25 bits per heavy atom. The van der Waals surface area contributed by atoms with Gasteiger partial charge >= 0.3 is 0 Å². The second-order valence-electron chi connectivity index (χ2n) is 5.27. The van der Waals surface area contributed by atoms with Crippen LogP contribution >= 0.6 is 0 Å². The first kappa shape index (κ1) is 15.2. The van der Waals surface area contributed by atoms with E-state index >= 15 is 0 Å². The van der Waals surface area contributed by atoms with E-state index < -0.39 is 26.6 Å². The van der Waals surface area contributed by atoms with E-state index in [9.17, 15) is 17.2 Å². The third-order valence-electron chi connectivity index (χ3n) is 3.74. The zero-order chi connectivity index (χ0) is 14.9. The molecule has 1 atom stereocenters. The van der Waals surface area contributed by atoms with Crippen LogP contribution in [0.5, 0.6) is 0 Å². The van der Waals surface area contributed by atoms with Crippen molar-refractivity contribution in [3.05, 3.63) is 23.8 Å². The summed E-state index contributed by atoms with van der Waals surface area (Å²) in [5, 5.41) is 0. The summed E-state index contributed by atoms with van der Waals surface area (Å²) in [6, 6.07) is 1.26. The van der Waals surface area contributed by atoms with Crippen molar-refractivity contribution in [1.82, 2.24) is 4.72 Å². The molecule has 0 heterocycles. The molecule has 1 aromatic rings. The van der Waals surface area contributed by atoms with Gasteiger partial charge in [-0.25, -0.2) is 21.9 Å². The van der Waals surface area contributed by atoms with Crippen LogP contribution in [0.15, 0.2) is 17.0 Å². The van der Waals surface area contributed by atoms with Gasteiger partial charge in [-0.1, -0.05) is 12.8 Å². The third kappa shape index (κ3) is 3.09. The predicted molar refractivity (Wildman–Crippen MR) is 72.5 cm³/mol. The molecular weight excluding hydrogens is 286 g/mol. The van der Waals surface area contributed by atoms with Crippen molar-refractivity contribution in [1.29, 1.82) is 0 Å². The van der Waals surface area contributed by atoms with Gasteiger partial charge in [-0.3, -0.25) is 0 Å². The summed E-state index contributed by atoms with van der Waals surface area (Å²) < 4.78 is 54.0. The Labute approximate surface area is 117 Å². The lowest BCUT2D eigenvalue weighted by atomic mass is 10.0. The average Bonchev–Trinajstić information content (AvgIpc) is 2.78. The molecule has 1 aromatic carbocycles. The Kier molecular flexibility index (Phi) is 4.29. The van der Waals surface area contributed by atoms with Crippen molar-refractivity contribution in [3.8, 4) is 0 Å². The Morgan fingerprint density at radius 2 is 1.75 bits per heavy atom. The topological polar surface area (TPSA) is 72.2 Å². The van der Waals surface area contributed by atoms with Crippen LogP contribution in [0.4, 0.5) is 14.5 Å². The number of benzene rings is 1. The molecule has 0 bridgehead atoms. The summed E-state index contributed by atoms with van der Waals surface area (Å²) in [5.74, 6) is -2.13. The van der Waals surface area contributed by atoms with Crippen molar-refractivity contribution in [2.24, 2.45) is 5.92 Å². The van der Waals surface area contributed by atoms with Crippen LogP contribution in [-0.2, 0) is 10.0 Å². The molecule has 1 aliphatic carbocycles. The molecule has 1 unspecified atom stereocenters. The maximum Gasteiger partial charge on any atom is 0.246 e. The van der Waals surface area contributed by atoms with Crippen molar-refractivity contribution in [2.45, 2.75) is 43.5 Å². The fourth-order valence-corrected chi connectivity index (χ4v) is 4.12. The molecule has 7 heteroatoms. The van der Waals surface area contributed by atoms with Gasteiger partial charge in [0.15, 0.2) is 4.90 Å². The first-order valence-corrected chi connectivity index (χ1v) is 8.06. The molecule has 112 valence electrons. The number of anilines is 1. The lowest BCUT2D eigenvalue weighted by molar-refractivity contribution is 0.420. The van der Waals surface area contributed by atoms with Crippen LogP contribution in [0.1, 0.15) is 32.6 Å². The Bertz CT molecular complexity index is 575. The minimum Gasteiger partial charge on any atom is -0.399 e. The van der Waals surface area contributed by atoms with E-state index in [1.165, 1.54) is 0 Å². The normalized spacial score (nSPS) is 18.4. The summed E-state index contributed by atoms with van der Waals surface area (Å²) >= 11 is 0. The highest BCUT2D eigenvalue weighted by Gasteiger charge is 2.30. The molecule has 0 spiro atoms. The number of rotatable bonds is 4. The lowest BCUT2D eigenvalue weighted by Gasteiger charge is -2.20. The minimum absolute atomic E-state index is 0.150. The van der Waals surface area contributed by atoms with E-state index in [0.29, 0.717) is 0 Å². The second kappa shape index (κ2) is 5.65. The van der Waals surface area contributed by atoms with Crippen LogP contribution < -0.4 is 10.5 Å². The zero-order valence-corrected chi connectivity index (χ0v) is 12.0. The molecule has 3 N–H and O–H groups in total. The van der Waals surface area contributed by atoms with Gasteiger partial charge in [-0.15, -0.1) is 0 Å². The monoisotopic (exact) mass is 304 g/mol. The van der Waals surface area contributed by atoms with E-state index in [2.05, 4.69) is 4.72 Å². The van der Waals surface area contributed by atoms with Gasteiger partial charge in [0, 0.05) is 11.7 Å². The number of nitrogens with one attached hydrogen (secondary N) is 1. The SMILES string of the molecule is CC(NS(=O)(=O)c1c(F)cc(N)cc1F)C1CCCC1. The van der Waals surface area contributed by atoms with Crippen molar-refractivity contribution in [3.63, 3.8) is 0 Å². The fourth-order valence-electron chi connectivity index (χ4n) is 2.69. The van der Waals surface area contributed by atoms with Crippen molar-refractivity contribution >= 4 is 15.7 Å². The highest BCUT2D eigenvalue weighted by atomic mass is 32.2. The lowest BCUT2D eigenvalue weighted by Crippen LogP contribution is -2.38. The molecule has 1 saturated carbocycles. The van der Waals surface area contributed by atoms with E-state index in [1.54, 1.807) is 6.92 Å². The Balaban J connectivity index is 2.26. The van der Waals surface area contributed by atoms with Gasteiger partial charge in [-0.05, 0) is 37.8 Å². The van der Waals surface area contributed by atoms with Crippen molar-refractivity contribution in [2.75, 3.05) is 5.73 Å². The summed E-state index contributed by atoms with van der Waals surface area (Å²) in [7, 11) is -4.23. The predicted octanol–water partition coefficient (Wildman–Crippen LogP) is 2.40. The van der Waals surface area contributed by atoms with Crippen molar-refractivity contribution < 1.29 is 17.2 Å². The second-order valence-corrected chi connectivity index (χ2v) is 6.92. The van der Waals surface area contributed by atoms with Gasteiger partial charge < -0.3 is 5.73 Å². The number of sulfonamides is 1. The van der Waals surface area contributed by atoms with Crippen LogP contribution in [0, 0.1) is 17.6 Å². The Hall–Kier alpha value is -1.21. The average molecular weight is 304 g/mol. The molecule has 1 aliphatic rings. The van der Waals surface area contributed by atoms with E-state index in [1.807, 2.05) is 0 Å². The molecule has 1 fully saturated rings. The minimum atomic E-state index is -4.23. The largest absolute Gasteiger partial charge is 0.399 e. The number of nitrogens with two attached hydrogens (primary N) is 1. The fraction of sp³-hybridized carbons (Fsp3) is 0.538. The molecule has 0 amide bonds. The molecule has 2 rings (SSSR count). The Morgan fingerprint density at radius 3 is 2.25 bits per heavy atom. The summed E-state index contributed by atoms with van der Waals surface area (Å²) in [6.07, 6.45) is 3.97. The van der Waals surface area contributed by atoms with Gasteiger partial charge in [0.1, 0.15) is 11.6 Å². The molecule has 0 aliphatic heterocycles. The molecule has 4 nitrogen and oxygen atoms in total. The third-order valence-corrected chi connectivity index (χ3v) is 5.35. The van der Waals surface area contributed by atoms with E-state index in [-0.39, 0.29) is 17.6 Å². The first-order valence-electron chi connectivity index (χ1n) is 6.58. The summed E-state index contributed by atoms with van der Waals surface area (Å²) in [5.41, 5.74) is 5.13. The zero-order valence-electron chi connectivity index (χ0n) is 11.2. The van der Waals surface area contributed by atoms with Crippen LogP contribution in [0.2, 0.25) is 0 Å². The highest BCUT2D eigenvalue weighted by molar-refractivity contribution is 7.89. The van der Waals surface area contributed by atoms with Gasteiger partial charge in [-0.2, -0.15) is 0 Å². The summed E-state index contributed by atoms with van der Waals surface area (Å²) in [6.45, 7) is 1.72. The number of halogens is 2. The number of hydrogen-bond acceptors (Lipinski definition) is 3. The number of nitrogen functional groups attached to an aromatic ring is 1. The van der Waals surface area contributed by atoms with Crippen LogP contribution in [0.3, 0.4) is 0 Å². The summed E-state index contributed by atoms with van der Waals surface area (Å²) in [4.78, 5) is -0.962. The molecule has 0 saturated heterocycles. The maximum absolute atomic E-state index is 13.7. The van der Waals surface area contributed by atoms with Gasteiger partial charge in [0.05, 0.1) is 0 Å². The standard InChI is InChI=1S/C13H18F2N2O2S/c1-8(9-4-2-3-5-9)17-20(18,19)13-11(14)6-10(16)7-12(13)15/h6-9,17H,2-5,16H2,1H3. The van der Waals surface area contributed by atoms with E-state index in [0.717, 1.165) is 37.8 Å². The molecule has 20 heavy (non-hydrogen) atoms. The van der Waals surface area contributed by atoms with Gasteiger partial charge in [0.2, 0.25) is 10.0 Å². The van der Waals surface area contributed by atoms with Gasteiger partial charge in [0.25, 0.3) is 0 Å². The molecule has 0 aromatic heterocycles. The van der Waals surface area contributed by atoms with E-state index in [4.69, 9.17) is 5.73 Å². The maximum atomic E-state index is 13.7. The quantitative estimate of drug-likeness (QED) is 0.839. The van der Waals surface area contributed by atoms with Crippen LogP contribution in [0.25, 0.3) is 0 Å². The molecular formula is C13H18F2N2O2S. The first-order chi connectivity index (χ1) is 9.31. The van der Waals surface area contributed by atoms with Crippen LogP contribution in [-0.4, -0.2) is 14.5 Å². The number of hydrogen-bond donors (Lipinski definition) is 2.